The smallest absolute Gasteiger partial charge is 0.247 e. The van der Waals surface area contributed by atoms with Gasteiger partial charge in [0.1, 0.15) is 11.0 Å². The van der Waals surface area contributed by atoms with Crippen molar-refractivity contribution in [1.29, 1.82) is 0 Å². The van der Waals surface area contributed by atoms with E-state index in [9.17, 15) is 4.79 Å². The molecule has 0 aliphatic carbocycles. The van der Waals surface area contributed by atoms with E-state index in [1.165, 1.54) is 16.3 Å². The summed E-state index contributed by atoms with van der Waals surface area (Å²) in [5, 5.41) is 4.00. The molecule has 1 saturated heterocycles. The normalized spacial score (nSPS) is 20.5. The van der Waals surface area contributed by atoms with E-state index in [0.29, 0.717) is 10.7 Å². The summed E-state index contributed by atoms with van der Waals surface area (Å²) < 4.78 is 0. The summed E-state index contributed by atoms with van der Waals surface area (Å²) in [4.78, 5) is 18.9. The van der Waals surface area contributed by atoms with Crippen molar-refractivity contribution in [3.63, 3.8) is 0 Å². The van der Waals surface area contributed by atoms with Crippen LogP contribution in [0.15, 0.2) is 17.8 Å². The number of hydrogen-bond donors (Lipinski definition) is 2. The number of carbonyl (C=O) groups is 1. The monoisotopic (exact) mass is 323 g/mol. The molecule has 2 heterocycles. The number of aromatic nitrogens is 1. The first-order valence-corrected chi connectivity index (χ1v) is 8.50. The largest absolute Gasteiger partial charge is 0.395 e. The van der Waals surface area contributed by atoms with E-state index in [4.69, 9.17) is 11.6 Å². The minimum Gasteiger partial charge on any atom is -0.395 e. The van der Waals surface area contributed by atoms with Gasteiger partial charge >= 0.3 is 0 Å². The van der Waals surface area contributed by atoms with Gasteiger partial charge in [0.25, 0.3) is 0 Å². The molecule has 2 rings (SSSR count). The molecule has 1 aliphatic rings. The average molecular weight is 323 g/mol. The molecule has 0 radical (unpaired) electrons. The van der Waals surface area contributed by atoms with Crippen LogP contribution < -0.4 is 11.6 Å². The molecule has 7 heteroatoms. The Morgan fingerprint density at radius 3 is 2.82 bits per heavy atom. The Morgan fingerprint density at radius 1 is 1.59 bits per heavy atom. The van der Waals surface area contributed by atoms with Crippen LogP contribution in [0.2, 0.25) is 0 Å². The van der Waals surface area contributed by atoms with Crippen LogP contribution >= 0.6 is 11.3 Å². The number of likely N-dealkylation sites (tertiary alicyclic amines) is 1. The van der Waals surface area contributed by atoms with Gasteiger partial charge < -0.3 is 15.6 Å². The zero-order chi connectivity index (χ0) is 16.3. The third kappa shape index (κ3) is 3.59. The lowest BCUT2D eigenvalue weighted by Crippen LogP contribution is -2.53. The molecule has 0 spiro atoms. The second-order valence-corrected chi connectivity index (χ2v) is 6.98. The zero-order valence-corrected chi connectivity index (χ0v) is 14.2. The highest BCUT2D eigenvalue weighted by Crippen LogP contribution is 2.22. The van der Waals surface area contributed by atoms with Gasteiger partial charge in [0.2, 0.25) is 5.91 Å². The van der Waals surface area contributed by atoms with E-state index < -0.39 is 6.04 Å². The second-order valence-electron chi connectivity index (χ2n) is 6.08. The predicted octanol–water partition coefficient (Wildman–Crippen LogP) is 1.61. The van der Waals surface area contributed by atoms with Crippen LogP contribution in [0.1, 0.15) is 38.6 Å². The summed E-state index contributed by atoms with van der Waals surface area (Å²) in [6.07, 6.45) is 5.41. The highest BCUT2D eigenvalue weighted by Gasteiger charge is 2.34. The van der Waals surface area contributed by atoms with Crippen LogP contribution in [0, 0.1) is 5.92 Å². The number of nitrogens with zero attached hydrogens (tertiary/aromatic N) is 3. The first kappa shape index (κ1) is 16.8. The number of hydrazine groups is 1. The fraction of sp³-hybridized carbons (Fsp3) is 0.600. The van der Waals surface area contributed by atoms with E-state index in [0.717, 1.165) is 19.4 Å². The van der Waals surface area contributed by atoms with Gasteiger partial charge in [-0.25, -0.2) is 10.8 Å². The van der Waals surface area contributed by atoms with E-state index in [1.54, 1.807) is 12.4 Å². The van der Waals surface area contributed by atoms with E-state index in [-0.39, 0.29) is 17.9 Å². The zero-order valence-electron chi connectivity index (χ0n) is 13.4. The number of thiazole rings is 1. The fourth-order valence-electron chi connectivity index (χ4n) is 2.85. The molecule has 2 atom stereocenters. The van der Waals surface area contributed by atoms with E-state index in [2.05, 4.69) is 11.9 Å². The van der Waals surface area contributed by atoms with Crippen molar-refractivity contribution < 1.29 is 4.79 Å². The summed E-state index contributed by atoms with van der Waals surface area (Å²) in [6.45, 7) is 6.89. The molecule has 122 valence electrons. The highest BCUT2D eigenvalue weighted by molar-refractivity contribution is 7.10. The number of rotatable bonds is 5. The molecule has 6 nitrogen and oxygen atoms in total. The van der Waals surface area contributed by atoms with Crippen LogP contribution in [0.4, 0.5) is 0 Å². The van der Waals surface area contributed by atoms with E-state index in [1.807, 2.05) is 24.1 Å². The maximum atomic E-state index is 12.8. The van der Waals surface area contributed by atoms with Gasteiger partial charge in [-0.15, -0.1) is 11.3 Å². The van der Waals surface area contributed by atoms with Crippen molar-refractivity contribution in [3.8, 4) is 0 Å². The quantitative estimate of drug-likeness (QED) is 0.635. The van der Waals surface area contributed by atoms with Gasteiger partial charge in [0, 0.05) is 30.4 Å². The molecule has 1 fully saturated rings. The molecule has 4 N–H and O–H groups in total. The van der Waals surface area contributed by atoms with Gasteiger partial charge in [-0.05, 0) is 25.7 Å². The first-order chi connectivity index (χ1) is 10.4. The lowest BCUT2D eigenvalue weighted by atomic mass is 10.0. The third-order valence-electron chi connectivity index (χ3n) is 4.01. The molecule has 0 saturated carbocycles. The van der Waals surface area contributed by atoms with Gasteiger partial charge in [-0.1, -0.05) is 13.8 Å². The third-order valence-corrected chi connectivity index (χ3v) is 4.83. The number of amides is 1. The van der Waals surface area contributed by atoms with Crippen LogP contribution in [-0.4, -0.2) is 39.4 Å². The van der Waals surface area contributed by atoms with Crippen molar-refractivity contribution in [2.24, 2.45) is 17.5 Å². The Balaban J connectivity index is 2.16. The molecule has 22 heavy (non-hydrogen) atoms. The minimum atomic E-state index is -0.418. The Kier molecular flexibility index (Phi) is 5.42. The van der Waals surface area contributed by atoms with Gasteiger partial charge in [0.15, 0.2) is 0 Å². The number of carbonyl (C=O) groups excluding carboxylic acids is 1. The SMILES string of the molecule is CC(C)C(C(=O)N1CCCC1C)N(N)/C=C(\N)c1nccs1. The van der Waals surface area contributed by atoms with Crippen molar-refractivity contribution >= 4 is 22.9 Å². The van der Waals surface area contributed by atoms with Crippen molar-refractivity contribution in [3.05, 3.63) is 22.8 Å². The second kappa shape index (κ2) is 7.11. The van der Waals surface area contributed by atoms with Gasteiger partial charge in [0.05, 0.1) is 5.70 Å². The average Bonchev–Trinajstić information content (AvgIpc) is 3.08. The van der Waals surface area contributed by atoms with E-state index >= 15 is 0 Å². The van der Waals surface area contributed by atoms with Crippen molar-refractivity contribution in [1.82, 2.24) is 14.9 Å². The topological polar surface area (TPSA) is 88.5 Å². The van der Waals surface area contributed by atoms with Gasteiger partial charge in [-0.3, -0.25) is 4.79 Å². The maximum Gasteiger partial charge on any atom is 0.247 e. The lowest BCUT2D eigenvalue weighted by Gasteiger charge is -2.33. The van der Waals surface area contributed by atoms with Crippen LogP contribution in [0.5, 0.6) is 0 Å². The molecule has 1 amide bonds. The van der Waals surface area contributed by atoms with Gasteiger partial charge in [-0.2, -0.15) is 0 Å². The van der Waals surface area contributed by atoms with Crippen LogP contribution in [-0.2, 0) is 4.79 Å². The Hall–Kier alpha value is -1.60. The molecule has 1 aliphatic heterocycles. The summed E-state index contributed by atoms with van der Waals surface area (Å²) in [6, 6.07) is -0.137. The molecule has 1 aromatic heterocycles. The van der Waals surface area contributed by atoms with Crippen LogP contribution in [0.25, 0.3) is 5.70 Å². The molecular weight excluding hydrogens is 298 g/mol. The van der Waals surface area contributed by atoms with Crippen LogP contribution in [0.3, 0.4) is 0 Å². The molecular formula is C15H25N5OS. The van der Waals surface area contributed by atoms with Crippen molar-refractivity contribution in [2.45, 2.75) is 45.7 Å². The summed E-state index contributed by atoms with van der Waals surface area (Å²) in [7, 11) is 0. The predicted molar refractivity (Wildman–Crippen MR) is 89.3 cm³/mol. The van der Waals surface area contributed by atoms with Crippen molar-refractivity contribution in [2.75, 3.05) is 6.54 Å². The minimum absolute atomic E-state index is 0.0747. The fourth-order valence-corrected chi connectivity index (χ4v) is 3.41. The highest BCUT2D eigenvalue weighted by atomic mass is 32.1. The molecule has 0 aromatic carbocycles. The first-order valence-electron chi connectivity index (χ1n) is 7.62. The number of hydrogen-bond acceptors (Lipinski definition) is 6. The molecule has 0 bridgehead atoms. The summed E-state index contributed by atoms with van der Waals surface area (Å²) >= 11 is 1.45. The Bertz CT molecular complexity index is 528. The lowest BCUT2D eigenvalue weighted by molar-refractivity contribution is -0.138. The maximum absolute atomic E-state index is 12.8. The Labute approximate surface area is 135 Å². The summed E-state index contributed by atoms with van der Waals surface area (Å²) in [5.41, 5.74) is 6.50. The number of nitrogens with two attached hydrogens (primary N) is 2. The summed E-state index contributed by atoms with van der Waals surface area (Å²) in [5.74, 6) is 6.31. The standard InChI is InChI=1S/C15H25N5OS/c1-10(2)13(15(21)19-7-4-5-11(19)3)20(17)9-12(16)14-18-6-8-22-14/h6,8-11,13H,4-5,7,16-17H2,1-3H3/b12-9-. The molecule has 2 unspecified atom stereocenters. The Morgan fingerprint density at radius 2 is 2.32 bits per heavy atom. The molecule has 1 aromatic rings.